The van der Waals surface area contributed by atoms with Crippen molar-refractivity contribution in [3.63, 3.8) is 0 Å². The summed E-state index contributed by atoms with van der Waals surface area (Å²) in [4.78, 5) is 0. The van der Waals surface area contributed by atoms with E-state index in [-0.39, 0.29) is 6.10 Å². The highest BCUT2D eigenvalue weighted by atomic mass is 16.3. The molecule has 0 aliphatic carbocycles. The third kappa shape index (κ3) is 4.20. The maximum atomic E-state index is 9.57. The van der Waals surface area contributed by atoms with Crippen LogP contribution in [-0.2, 0) is 0 Å². The van der Waals surface area contributed by atoms with Crippen molar-refractivity contribution in [2.75, 3.05) is 0 Å². The lowest BCUT2D eigenvalue weighted by molar-refractivity contribution is 0.115. The molecular formula is C10H20O. The molecule has 1 N–H and O–H groups in total. The van der Waals surface area contributed by atoms with Crippen LogP contribution in [0.25, 0.3) is 0 Å². The van der Waals surface area contributed by atoms with Crippen molar-refractivity contribution in [3.05, 3.63) is 12.7 Å². The first-order chi connectivity index (χ1) is 5.26. The van der Waals surface area contributed by atoms with E-state index in [9.17, 15) is 5.11 Å². The van der Waals surface area contributed by atoms with Gasteiger partial charge in [0.15, 0.2) is 0 Å². The van der Waals surface area contributed by atoms with E-state index in [2.05, 4.69) is 20.4 Å². The lowest BCUT2D eigenvalue weighted by atomic mass is 9.94. The van der Waals surface area contributed by atoms with Gasteiger partial charge < -0.3 is 5.11 Å². The van der Waals surface area contributed by atoms with Crippen molar-refractivity contribution in [1.82, 2.24) is 0 Å². The van der Waals surface area contributed by atoms with E-state index in [1.807, 2.05) is 6.08 Å². The SMILES string of the molecule is C=CC(CCC)C(O)CCC. The minimum atomic E-state index is -0.169. The normalized spacial score (nSPS) is 15.9. The van der Waals surface area contributed by atoms with Crippen molar-refractivity contribution in [1.29, 1.82) is 0 Å². The third-order valence-corrected chi connectivity index (χ3v) is 2.00. The van der Waals surface area contributed by atoms with Crippen molar-refractivity contribution in [2.45, 2.75) is 45.6 Å². The van der Waals surface area contributed by atoms with Gasteiger partial charge in [0.1, 0.15) is 0 Å². The van der Waals surface area contributed by atoms with Gasteiger partial charge in [-0.25, -0.2) is 0 Å². The Kier molecular flexibility index (Phi) is 6.24. The topological polar surface area (TPSA) is 20.2 Å². The molecule has 11 heavy (non-hydrogen) atoms. The highest BCUT2D eigenvalue weighted by Gasteiger charge is 2.12. The minimum Gasteiger partial charge on any atom is -0.393 e. The van der Waals surface area contributed by atoms with Gasteiger partial charge in [-0.05, 0) is 12.8 Å². The first-order valence-corrected chi connectivity index (χ1v) is 4.56. The Morgan fingerprint density at radius 1 is 1.27 bits per heavy atom. The molecule has 0 aromatic carbocycles. The van der Waals surface area contributed by atoms with Crippen molar-refractivity contribution >= 4 is 0 Å². The number of aliphatic hydroxyl groups is 1. The second-order valence-corrected chi connectivity index (χ2v) is 3.04. The van der Waals surface area contributed by atoms with Crippen LogP contribution in [0.2, 0.25) is 0 Å². The van der Waals surface area contributed by atoms with Gasteiger partial charge in [0, 0.05) is 5.92 Å². The molecule has 0 aromatic rings. The molecule has 2 atom stereocenters. The Morgan fingerprint density at radius 2 is 1.82 bits per heavy atom. The molecule has 0 rings (SSSR count). The maximum absolute atomic E-state index is 9.57. The van der Waals surface area contributed by atoms with Crippen LogP contribution < -0.4 is 0 Å². The lowest BCUT2D eigenvalue weighted by Gasteiger charge is -2.17. The van der Waals surface area contributed by atoms with Gasteiger partial charge in [-0.3, -0.25) is 0 Å². The molecule has 1 heteroatoms. The lowest BCUT2D eigenvalue weighted by Crippen LogP contribution is -2.17. The summed E-state index contributed by atoms with van der Waals surface area (Å²) in [5.74, 6) is 0.306. The number of rotatable bonds is 6. The van der Waals surface area contributed by atoms with Crippen molar-refractivity contribution < 1.29 is 5.11 Å². The molecule has 0 fully saturated rings. The molecule has 0 aliphatic rings. The molecule has 1 nitrogen and oxygen atoms in total. The van der Waals surface area contributed by atoms with Crippen LogP contribution in [0, 0.1) is 5.92 Å². The summed E-state index contributed by atoms with van der Waals surface area (Å²) in [6, 6.07) is 0. The molecule has 66 valence electrons. The number of aliphatic hydroxyl groups excluding tert-OH is 1. The van der Waals surface area contributed by atoms with E-state index in [4.69, 9.17) is 0 Å². The molecule has 0 amide bonds. The molecule has 0 aliphatic heterocycles. The standard InChI is InChI=1S/C10H20O/c1-4-7-9(6-3)10(11)8-5-2/h6,9-11H,3-5,7-8H2,1-2H3. The van der Waals surface area contributed by atoms with Gasteiger partial charge in [-0.1, -0.05) is 32.8 Å². The van der Waals surface area contributed by atoms with Gasteiger partial charge in [-0.15, -0.1) is 6.58 Å². The molecule has 0 bridgehead atoms. The fourth-order valence-corrected chi connectivity index (χ4v) is 1.31. The van der Waals surface area contributed by atoms with Crippen molar-refractivity contribution in [2.24, 2.45) is 5.92 Å². The van der Waals surface area contributed by atoms with Gasteiger partial charge in [-0.2, -0.15) is 0 Å². The quantitative estimate of drug-likeness (QED) is 0.586. The van der Waals surface area contributed by atoms with Crippen LogP contribution in [-0.4, -0.2) is 11.2 Å². The zero-order valence-corrected chi connectivity index (χ0v) is 7.71. The second-order valence-electron chi connectivity index (χ2n) is 3.04. The Bertz CT molecular complexity index is 99.0. The predicted molar refractivity (Wildman–Crippen MR) is 49.5 cm³/mol. The summed E-state index contributed by atoms with van der Waals surface area (Å²) in [7, 11) is 0. The minimum absolute atomic E-state index is 0.169. The Hall–Kier alpha value is -0.300. The summed E-state index contributed by atoms with van der Waals surface area (Å²) in [6.07, 6.45) is 5.84. The average molecular weight is 156 g/mol. The largest absolute Gasteiger partial charge is 0.393 e. The summed E-state index contributed by atoms with van der Waals surface area (Å²) in [5.41, 5.74) is 0. The van der Waals surface area contributed by atoms with E-state index in [0.29, 0.717) is 5.92 Å². The Balaban J connectivity index is 3.70. The van der Waals surface area contributed by atoms with Gasteiger partial charge >= 0.3 is 0 Å². The van der Waals surface area contributed by atoms with Gasteiger partial charge in [0.05, 0.1) is 6.10 Å². The van der Waals surface area contributed by atoms with E-state index < -0.39 is 0 Å². The monoisotopic (exact) mass is 156 g/mol. The van der Waals surface area contributed by atoms with Gasteiger partial charge in [0.25, 0.3) is 0 Å². The molecule has 0 spiro atoms. The number of hydrogen-bond donors (Lipinski definition) is 1. The van der Waals surface area contributed by atoms with E-state index in [1.165, 1.54) is 0 Å². The zero-order valence-electron chi connectivity index (χ0n) is 7.71. The molecule has 0 heterocycles. The highest BCUT2D eigenvalue weighted by molar-refractivity contribution is 4.83. The second kappa shape index (κ2) is 6.41. The van der Waals surface area contributed by atoms with Crippen molar-refractivity contribution in [3.8, 4) is 0 Å². The first-order valence-electron chi connectivity index (χ1n) is 4.56. The number of hydrogen-bond acceptors (Lipinski definition) is 1. The molecule has 2 unspecified atom stereocenters. The summed E-state index contributed by atoms with van der Waals surface area (Å²) in [5, 5.41) is 9.57. The molecule has 0 saturated heterocycles. The van der Waals surface area contributed by atoms with Gasteiger partial charge in [0.2, 0.25) is 0 Å². The zero-order chi connectivity index (χ0) is 8.69. The van der Waals surface area contributed by atoms with Crippen LogP contribution in [0.15, 0.2) is 12.7 Å². The van der Waals surface area contributed by atoms with E-state index in [1.54, 1.807) is 0 Å². The van der Waals surface area contributed by atoms with Crippen LogP contribution in [0.5, 0.6) is 0 Å². The summed E-state index contributed by atoms with van der Waals surface area (Å²) < 4.78 is 0. The molecule has 0 radical (unpaired) electrons. The average Bonchev–Trinajstić information content (AvgIpc) is 2.00. The Labute approximate surface area is 70.1 Å². The van der Waals surface area contributed by atoms with E-state index >= 15 is 0 Å². The molecular weight excluding hydrogens is 136 g/mol. The fraction of sp³-hybridized carbons (Fsp3) is 0.800. The summed E-state index contributed by atoms with van der Waals surface area (Å²) >= 11 is 0. The Morgan fingerprint density at radius 3 is 2.18 bits per heavy atom. The van der Waals surface area contributed by atoms with E-state index in [0.717, 1.165) is 25.7 Å². The van der Waals surface area contributed by atoms with Crippen LogP contribution in [0.3, 0.4) is 0 Å². The molecule has 0 saturated carbocycles. The smallest absolute Gasteiger partial charge is 0.0602 e. The third-order valence-electron chi connectivity index (χ3n) is 2.00. The highest BCUT2D eigenvalue weighted by Crippen LogP contribution is 2.16. The molecule has 0 aromatic heterocycles. The predicted octanol–water partition coefficient (Wildman–Crippen LogP) is 2.75. The fourth-order valence-electron chi connectivity index (χ4n) is 1.31. The van der Waals surface area contributed by atoms with Crippen LogP contribution in [0.4, 0.5) is 0 Å². The summed E-state index contributed by atoms with van der Waals surface area (Å²) in [6.45, 7) is 7.95. The maximum Gasteiger partial charge on any atom is 0.0602 e. The first kappa shape index (κ1) is 10.7. The van der Waals surface area contributed by atoms with Crippen LogP contribution in [0.1, 0.15) is 39.5 Å². The van der Waals surface area contributed by atoms with Crippen LogP contribution >= 0.6 is 0 Å².